The van der Waals surface area contributed by atoms with Gasteiger partial charge in [0.05, 0.1) is 17.4 Å². The molecular formula is C41H37N3. The summed E-state index contributed by atoms with van der Waals surface area (Å²) >= 11 is 0. The van der Waals surface area contributed by atoms with Crippen molar-refractivity contribution in [3.8, 4) is 11.4 Å². The monoisotopic (exact) mass is 571 g/mol. The molecule has 3 nitrogen and oxygen atoms in total. The predicted octanol–water partition coefficient (Wildman–Crippen LogP) is 9.75. The van der Waals surface area contributed by atoms with Gasteiger partial charge in [0.25, 0.3) is 0 Å². The van der Waals surface area contributed by atoms with E-state index in [9.17, 15) is 0 Å². The number of fused-ring (bicyclic) bond motifs is 3. The van der Waals surface area contributed by atoms with Crippen LogP contribution in [0.5, 0.6) is 0 Å². The fourth-order valence-corrected chi connectivity index (χ4v) is 7.97. The first-order valence-corrected chi connectivity index (χ1v) is 16.0. The third kappa shape index (κ3) is 4.25. The lowest BCUT2D eigenvalue weighted by atomic mass is 9.76. The van der Waals surface area contributed by atoms with E-state index in [1.165, 1.54) is 44.7 Å². The van der Waals surface area contributed by atoms with E-state index in [0.717, 1.165) is 42.9 Å². The van der Waals surface area contributed by atoms with Crippen molar-refractivity contribution in [3.05, 3.63) is 167 Å². The molecule has 3 aromatic rings. The van der Waals surface area contributed by atoms with Crippen LogP contribution in [0.15, 0.2) is 161 Å². The Morgan fingerprint density at radius 1 is 0.773 bits per heavy atom. The van der Waals surface area contributed by atoms with Gasteiger partial charge in [-0.05, 0) is 83.4 Å². The van der Waals surface area contributed by atoms with Crippen LogP contribution in [-0.2, 0) is 0 Å². The van der Waals surface area contributed by atoms with Crippen LogP contribution in [0.2, 0.25) is 0 Å². The molecular weight excluding hydrogens is 534 g/mol. The maximum Gasteiger partial charge on any atom is 0.134 e. The van der Waals surface area contributed by atoms with E-state index in [2.05, 4.69) is 127 Å². The molecule has 44 heavy (non-hydrogen) atoms. The minimum atomic E-state index is -0.278. The van der Waals surface area contributed by atoms with Gasteiger partial charge < -0.3 is 4.90 Å². The summed E-state index contributed by atoms with van der Waals surface area (Å²) in [5.41, 5.74) is 12.9. The molecule has 0 bridgehead atoms. The first-order chi connectivity index (χ1) is 21.6. The second-order valence-electron chi connectivity index (χ2n) is 12.8. The number of allylic oxidation sites excluding steroid dienone is 12. The van der Waals surface area contributed by atoms with Crippen LogP contribution in [0.1, 0.15) is 45.1 Å². The molecule has 0 spiro atoms. The fourth-order valence-electron chi connectivity index (χ4n) is 7.97. The van der Waals surface area contributed by atoms with Crippen LogP contribution in [-0.4, -0.2) is 16.0 Å². The van der Waals surface area contributed by atoms with Crippen molar-refractivity contribution in [1.29, 1.82) is 0 Å². The Bertz CT molecular complexity index is 1880. The zero-order chi connectivity index (χ0) is 29.7. The Morgan fingerprint density at radius 3 is 2.41 bits per heavy atom. The minimum absolute atomic E-state index is 0.0996. The summed E-state index contributed by atoms with van der Waals surface area (Å²) in [5, 5.41) is 0. The summed E-state index contributed by atoms with van der Waals surface area (Å²) in [5.74, 6) is 1.20. The largest absolute Gasteiger partial charge is 0.321 e. The Hall–Kier alpha value is -4.76. The van der Waals surface area contributed by atoms with Crippen molar-refractivity contribution in [1.82, 2.24) is 9.97 Å². The average Bonchev–Trinajstić information content (AvgIpc) is 3.24. The molecule has 1 aromatic carbocycles. The lowest BCUT2D eigenvalue weighted by molar-refractivity contribution is 0.532. The van der Waals surface area contributed by atoms with Crippen molar-refractivity contribution in [2.45, 2.75) is 45.6 Å². The second-order valence-corrected chi connectivity index (χ2v) is 12.8. The third-order valence-electron chi connectivity index (χ3n) is 9.77. The number of benzene rings is 1. The van der Waals surface area contributed by atoms with Crippen LogP contribution in [0, 0.1) is 11.3 Å². The number of anilines is 1. The molecule has 0 radical (unpaired) electrons. The molecule has 3 heterocycles. The smallest absolute Gasteiger partial charge is 0.134 e. The Balaban J connectivity index is 1.45. The van der Waals surface area contributed by atoms with Crippen LogP contribution >= 0.6 is 0 Å². The average molecular weight is 572 g/mol. The summed E-state index contributed by atoms with van der Waals surface area (Å²) in [4.78, 5) is 12.6. The molecule has 5 aliphatic rings. The van der Waals surface area contributed by atoms with Gasteiger partial charge in [-0.3, -0.25) is 4.98 Å². The molecule has 3 heteroatoms. The maximum absolute atomic E-state index is 5.37. The molecule has 0 saturated heterocycles. The number of hydrogen-bond acceptors (Lipinski definition) is 3. The molecule has 216 valence electrons. The maximum atomic E-state index is 5.37. The van der Waals surface area contributed by atoms with Gasteiger partial charge in [0.15, 0.2) is 0 Å². The molecule has 1 aliphatic heterocycles. The molecule has 2 atom stereocenters. The van der Waals surface area contributed by atoms with Crippen molar-refractivity contribution in [2.75, 3.05) is 4.90 Å². The number of nitrogens with zero attached hydrogens (tertiary/aromatic N) is 3. The summed E-state index contributed by atoms with van der Waals surface area (Å²) in [6.45, 7) is 4.88. The lowest BCUT2D eigenvalue weighted by Gasteiger charge is -2.42. The second kappa shape index (κ2) is 10.7. The van der Waals surface area contributed by atoms with E-state index in [1.54, 1.807) is 0 Å². The fraction of sp³-hybridized carbons (Fsp3) is 0.220. The lowest BCUT2D eigenvalue weighted by Crippen LogP contribution is -2.43. The van der Waals surface area contributed by atoms with E-state index in [0.29, 0.717) is 0 Å². The van der Waals surface area contributed by atoms with E-state index in [4.69, 9.17) is 4.98 Å². The third-order valence-corrected chi connectivity index (χ3v) is 9.77. The molecule has 0 fully saturated rings. The van der Waals surface area contributed by atoms with Crippen molar-refractivity contribution in [2.24, 2.45) is 11.3 Å². The first-order valence-electron chi connectivity index (χ1n) is 16.0. The van der Waals surface area contributed by atoms with E-state index < -0.39 is 0 Å². The summed E-state index contributed by atoms with van der Waals surface area (Å²) in [7, 11) is 0. The van der Waals surface area contributed by atoms with Gasteiger partial charge in [0, 0.05) is 28.8 Å². The molecule has 4 aliphatic carbocycles. The van der Waals surface area contributed by atoms with Crippen molar-refractivity contribution in [3.63, 3.8) is 0 Å². The standard InChI is InChI=1S/C41H37N3/c1-41(2)39(29-18-7-4-8-19-29)37(28-16-5-3-6-17-28)38-32-22-10-9-20-30(32)31-21-11-12-25-35(31)44(40(38)41)36-26-15-24-34(43-36)33-23-13-14-27-42-33/h3-5,7-9,11-16,18-21,23-27,31,35H,6,10,17,22H2,1-2H3. The summed E-state index contributed by atoms with van der Waals surface area (Å²) in [6.07, 6.45) is 27.0. The van der Waals surface area contributed by atoms with Gasteiger partial charge in [0.1, 0.15) is 5.82 Å². The SMILES string of the molecule is CC1(C)C(c2ccccc2)=C(C2=CC=CCC2)C2=C1N(c1cccc(-c3ccccn3)n1)C1C=CC=CC1C1=C2CCC=C1. The Morgan fingerprint density at radius 2 is 1.59 bits per heavy atom. The number of pyridine rings is 2. The highest BCUT2D eigenvalue weighted by atomic mass is 15.2. The van der Waals surface area contributed by atoms with E-state index in [1.807, 2.05) is 24.4 Å². The Kier molecular flexibility index (Phi) is 6.56. The topological polar surface area (TPSA) is 29.0 Å². The van der Waals surface area contributed by atoms with Crippen LogP contribution in [0.4, 0.5) is 5.82 Å². The molecule has 2 unspecified atom stereocenters. The van der Waals surface area contributed by atoms with Gasteiger partial charge >= 0.3 is 0 Å². The van der Waals surface area contributed by atoms with Gasteiger partial charge in [0.2, 0.25) is 0 Å². The van der Waals surface area contributed by atoms with Crippen LogP contribution in [0.3, 0.4) is 0 Å². The van der Waals surface area contributed by atoms with Gasteiger partial charge in [-0.15, -0.1) is 0 Å². The molecule has 0 N–H and O–H groups in total. The number of rotatable bonds is 4. The van der Waals surface area contributed by atoms with Gasteiger partial charge in [-0.2, -0.15) is 0 Å². The molecule has 0 amide bonds. The van der Waals surface area contributed by atoms with E-state index >= 15 is 0 Å². The van der Waals surface area contributed by atoms with Crippen molar-refractivity contribution < 1.29 is 0 Å². The van der Waals surface area contributed by atoms with Gasteiger partial charge in [-0.1, -0.05) is 111 Å². The first kappa shape index (κ1) is 26.8. The highest BCUT2D eigenvalue weighted by Crippen LogP contribution is 2.60. The predicted molar refractivity (Wildman–Crippen MR) is 182 cm³/mol. The highest BCUT2D eigenvalue weighted by molar-refractivity contribution is 5.92. The zero-order valence-electron chi connectivity index (χ0n) is 25.4. The van der Waals surface area contributed by atoms with E-state index in [-0.39, 0.29) is 17.4 Å². The zero-order valence-corrected chi connectivity index (χ0v) is 25.4. The Labute approximate surface area is 260 Å². The molecule has 2 aromatic heterocycles. The minimum Gasteiger partial charge on any atom is -0.321 e. The number of aromatic nitrogens is 2. The summed E-state index contributed by atoms with van der Waals surface area (Å²) in [6, 6.07) is 23.7. The number of hydrogen-bond donors (Lipinski definition) is 0. The van der Waals surface area contributed by atoms with Gasteiger partial charge in [-0.25, -0.2) is 4.98 Å². The summed E-state index contributed by atoms with van der Waals surface area (Å²) < 4.78 is 0. The normalized spacial score (nSPS) is 23.4. The molecule has 8 rings (SSSR count). The van der Waals surface area contributed by atoms with Crippen LogP contribution < -0.4 is 4.90 Å². The highest BCUT2D eigenvalue weighted by Gasteiger charge is 2.50. The molecule has 0 saturated carbocycles. The van der Waals surface area contributed by atoms with Crippen LogP contribution in [0.25, 0.3) is 17.0 Å². The quantitative estimate of drug-likeness (QED) is 0.312. The van der Waals surface area contributed by atoms with Crippen molar-refractivity contribution >= 4 is 11.4 Å².